The molecule has 0 bridgehead atoms. The summed E-state index contributed by atoms with van der Waals surface area (Å²) in [6.07, 6.45) is 0.244. The molecule has 1 rings (SSSR count). The van der Waals surface area contributed by atoms with Crippen molar-refractivity contribution < 1.29 is 14.3 Å². The van der Waals surface area contributed by atoms with Crippen LogP contribution in [-0.2, 0) is 9.53 Å². The molecule has 110 valence electrons. The van der Waals surface area contributed by atoms with Crippen LogP contribution in [0, 0.1) is 24.2 Å². The Morgan fingerprint density at radius 2 is 2.29 bits per heavy atom. The zero-order chi connectivity index (χ0) is 15.8. The molecule has 7 heteroatoms. The molecule has 0 radical (unpaired) electrons. The first-order valence-corrected chi connectivity index (χ1v) is 6.54. The molecule has 0 aromatic heterocycles. The molecule has 1 atom stereocenters. The lowest BCUT2D eigenvalue weighted by molar-refractivity contribution is -0.121. The number of benzene rings is 1. The maximum atomic E-state index is 11.7. The molecule has 1 aromatic carbocycles. The van der Waals surface area contributed by atoms with Gasteiger partial charge >= 0.3 is 6.09 Å². The number of carbonyl (C=O) groups is 2. The molecule has 0 heterocycles. The van der Waals surface area contributed by atoms with Crippen LogP contribution in [-0.4, -0.2) is 24.8 Å². The van der Waals surface area contributed by atoms with E-state index >= 15 is 0 Å². The Morgan fingerprint density at radius 3 is 2.86 bits per heavy atom. The third-order valence-electron chi connectivity index (χ3n) is 2.46. The molecule has 1 unspecified atom stereocenters. The van der Waals surface area contributed by atoms with E-state index in [9.17, 15) is 9.59 Å². The van der Waals surface area contributed by atoms with E-state index in [1.54, 1.807) is 38.1 Å². The molecule has 0 aliphatic rings. The summed E-state index contributed by atoms with van der Waals surface area (Å²) in [5.74, 6) is -2.02. The molecule has 0 aliphatic carbocycles. The van der Waals surface area contributed by atoms with Crippen LogP contribution in [0.4, 0.5) is 10.5 Å². The highest BCUT2D eigenvalue weighted by molar-refractivity contribution is 6.33. The van der Waals surface area contributed by atoms with Gasteiger partial charge in [0.2, 0.25) is 0 Å². The minimum absolute atomic E-state index is 0.128. The summed E-state index contributed by atoms with van der Waals surface area (Å²) < 4.78 is 4.56. The molecule has 1 N–H and O–H groups in total. The van der Waals surface area contributed by atoms with Crippen molar-refractivity contribution >= 4 is 35.5 Å². The third kappa shape index (κ3) is 4.89. The number of carbonyl (C=O) groups excluding carboxylic acids is 2. The van der Waals surface area contributed by atoms with E-state index in [4.69, 9.17) is 16.9 Å². The molecule has 0 saturated heterocycles. The molecule has 0 spiro atoms. The van der Waals surface area contributed by atoms with Crippen molar-refractivity contribution in [1.82, 2.24) is 5.32 Å². The highest BCUT2D eigenvalue weighted by Crippen LogP contribution is 2.28. The van der Waals surface area contributed by atoms with Gasteiger partial charge in [-0.15, -0.1) is 0 Å². The second-order valence-electron chi connectivity index (χ2n) is 4.00. The Hall–Kier alpha value is -2.39. The number of nitriles is 1. The molecule has 0 aliphatic heterocycles. The first-order valence-electron chi connectivity index (χ1n) is 6.16. The molecule has 21 heavy (non-hydrogen) atoms. The number of halogens is 1. The standard InChI is InChI=1S/C14H14ClN3O3/c1-3-21-14(20)18-13(19)10(7-16)8-17-12-9(2)5-4-6-11(12)15/h4-6,8,10H,3H2,1-2H3,(H,18,19,20). The van der Waals surface area contributed by atoms with Gasteiger partial charge in [0.1, 0.15) is 0 Å². The van der Waals surface area contributed by atoms with Crippen molar-refractivity contribution in [2.24, 2.45) is 10.9 Å². The predicted molar refractivity (Wildman–Crippen MR) is 78.6 cm³/mol. The molecule has 0 saturated carbocycles. The number of hydrogen-bond acceptors (Lipinski definition) is 5. The lowest BCUT2D eigenvalue weighted by Gasteiger charge is -2.06. The Bertz CT molecular complexity index is 588. The maximum Gasteiger partial charge on any atom is 0.413 e. The number of rotatable bonds is 4. The zero-order valence-electron chi connectivity index (χ0n) is 11.6. The van der Waals surface area contributed by atoms with Crippen LogP contribution in [0.15, 0.2) is 23.2 Å². The number of hydrogen-bond donors (Lipinski definition) is 1. The van der Waals surface area contributed by atoms with Gasteiger partial charge in [0.05, 0.1) is 23.4 Å². The molecular formula is C14H14ClN3O3. The van der Waals surface area contributed by atoms with Crippen LogP contribution < -0.4 is 5.32 Å². The van der Waals surface area contributed by atoms with Gasteiger partial charge in [-0.1, -0.05) is 23.7 Å². The summed E-state index contributed by atoms with van der Waals surface area (Å²) in [5.41, 5.74) is 1.28. The van der Waals surface area contributed by atoms with E-state index in [-0.39, 0.29) is 6.61 Å². The minimum atomic E-state index is -1.22. The molecular weight excluding hydrogens is 294 g/mol. The molecule has 6 nitrogen and oxygen atoms in total. The number of nitrogens with zero attached hydrogens (tertiary/aromatic N) is 2. The number of nitrogens with one attached hydrogen (secondary N) is 1. The maximum absolute atomic E-state index is 11.7. The number of alkyl carbamates (subject to hydrolysis) is 1. The van der Waals surface area contributed by atoms with Crippen LogP contribution in [0.2, 0.25) is 5.02 Å². The summed E-state index contributed by atoms with van der Waals surface area (Å²) >= 11 is 5.99. The smallest absolute Gasteiger partial charge is 0.413 e. The van der Waals surface area contributed by atoms with Crippen molar-refractivity contribution in [1.29, 1.82) is 5.26 Å². The number of aryl methyl sites for hydroxylation is 1. The van der Waals surface area contributed by atoms with E-state index < -0.39 is 17.9 Å². The summed E-state index contributed by atoms with van der Waals surface area (Å²) in [6, 6.07) is 6.97. The molecule has 0 fully saturated rings. The summed E-state index contributed by atoms with van der Waals surface area (Å²) in [5, 5.41) is 11.3. The van der Waals surface area contributed by atoms with Crippen molar-refractivity contribution in [3.8, 4) is 6.07 Å². The van der Waals surface area contributed by atoms with Gasteiger partial charge in [0.25, 0.3) is 5.91 Å². The van der Waals surface area contributed by atoms with Gasteiger partial charge in [-0.3, -0.25) is 15.1 Å². The Morgan fingerprint density at radius 1 is 1.57 bits per heavy atom. The van der Waals surface area contributed by atoms with E-state index in [1.165, 1.54) is 0 Å². The van der Waals surface area contributed by atoms with Crippen molar-refractivity contribution in [2.75, 3.05) is 6.61 Å². The molecule has 1 aromatic rings. The first-order chi connectivity index (χ1) is 9.99. The zero-order valence-corrected chi connectivity index (χ0v) is 12.3. The Labute approximate surface area is 127 Å². The van der Waals surface area contributed by atoms with Crippen molar-refractivity contribution in [2.45, 2.75) is 13.8 Å². The topological polar surface area (TPSA) is 91.5 Å². The fraction of sp³-hybridized carbons (Fsp3) is 0.286. The van der Waals surface area contributed by atoms with Gasteiger partial charge < -0.3 is 4.74 Å². The quantitative estimate of drug-likeness (QED) is 0.866. The average Bonchev–Trinajstić information content (AvgIpc) is 2.42. The second-order valence-corrected chi connectivity index (χ2v) is 4.41. The summed E-state index contributed by atoms with van der Waals surface area (Å²) in [6.45, 7) is 3.54. The Balaban J connectivity index is 2.83. The van der Waals surface area contributed by atoms with E-state index in [0.717, 1.165) is 11.8 Å². The lowest BCUT2D eigenvalue weighted by atomic mass is 10.1. The number of amides is 2. The summed E-state index contributed by atoms with van der Waals surface area (Å²) in [4.78, 5) is 26.9. The highest BCUT2D eigenvalue weighted by Gasteiger charge is 2.19. The van der Waals surface area contributed by atoms with Crippen LogP contribution in [0.3, 0.4) is 0 Å². The fourth-order valence-corrected chi connectivity index (χ4v) is 1.71. The van der Waals surface area contributed by atoms with Crippen LogP contribution in [0.25, 0.3) is 0 Å². The van der Waals surface area contributed by atoms with Crippen LogP contribution >= 0.6 is 11.6 Å². The van der Waals surface area contributed by atoms with Crippen LogP contribution in [0.5, 0.6) is 0 Å². The van der Waals surface area contributed by atoms with Gasteiger partial charge in [-0.05, 0) is 25.5 Å². The van der Waals surface area contributed by atoms with Crippen molar-refractivity contribution in [3.05, 3.63) is 28.8 Å². The third-order valence-corrected chi connectivity index (χ3v) is 2.77. The number of ether oxygens (including phenoxy) is 1. The van der Waals surface area contributed by atoms with Gasteiger partial charge in [0.15, 0.2) is 5.92 Å². The van der Waals surface area contributed by atoms with Gasteiger partial charge in [-0.2, -0.15) is 5.26 Å². The minimum Gasteiger partial charge on any atom is -0.450 e. The summed E-state index contributed by atoms with van der Waals surface area (Å²) in [7, 11) is 0. The lowest BCUT2D eigenvalue weighted by Crippen LogP contribution is -2.36. The highest BCUT2D eigenvalue weighted by atomic mass is 35.5. The van der Waals surface area contributed by atoms with Gasteiger partial charge in [0, 0.05) is 6.21 Å². The second kappa shape index (κ2) is 8.02. The SMILES string of the molecule is CCOC(=O)NC(=O)C(C#N)C=Nc1c(C)cccc1Cl. The predicted octanol–water partition coefficient (Wildman–Crippen LogP) is 2.76. The van der Waals surface area contributed by atoms with E-state index in [0.29, 0.717) is 10.7 Å². The monoisotopic (exact) mass is 307 g/mol. The van der Waals surface area contributed by atoms with E-state index in [2.05, 4.69) is 9.73 Å². The first kappa shape index (κ1) is 16.7. The van der Waals surface area contributed by atoms with Crippen molar-refractivity contribution in [3.63, 3.8) is 0 Å². The number of aliphatic imine (C=N–C) groups is 1. The van der Waals surface area contributed by atoms with Gasteiger partial charge in [-0.25, -0.2) is 4.79 Å². The fourth-order valence-electron chi connectivity index (χ4n) is 1.44. The van der Waals surface area contributed by atoms with E-state index in [1.807, 2.05) is 5.32 Å². The number of para-hydroxylation sites is 1. The largest absolute Gasteiger partial charge is 0.450 e. The normalized spacial score (nSPS) is 11.7. The van der Waals surface area contributed by atoms with Crippen LogP contribution in [0.1, 0.15) is 12.5 Å². The molecule has 2 amide bonds. The number of imide groups is 1. The average molecular weight is 308 g/mol. The Kier molecular flexibility index (Phi) is 6.37.